The van der Waals surface area contributed by atoms with Crippen LogP contribution >= 0.6 is 58.0 Å². The Kier molecular flexibility index (Phi) is 7.24. The van der Waals surface area contributed by atoms with E-state index >= 15 is 0 Å². The van der Waals surface area contributed by atoms with Crippen LogP contribution in [0.2, 0.25) is 0 Å². The highest BCUT2D eigenvalue weighted by Crippen LogP contribution is 2.37. The van der Waals surface area contributed by atoms with E-state index in [1.165, 1.54) is 0 Å². The van der Waals surface area contributed by atoms with E-state index in [-0.39, 0.29) is 12.4 Å². The highest BCUT2D eigenvalue weighted by atomic mass is 35.5. The van der Waals surface area contributed by atoms with Gasteiger partial charge in [0.05, 0.1) is 5.03 Å². The summed E-state index contributed by atoms with van der Waals surface area (Å²) in [6.07, 6.45) is 0. The Labute approximate surface area is 99.8 Å². The maximum absolute atomic E-state index is 10.3. The fourth-order valence-electron chi connectivity index (χ4n) is 0.213. The first kappa shape index (κ1) is 15.4. The van der Waals surface area contributed by atoms with E-state index in [1.54, 1.807) is 0 Å². The molecule has 0 amide bonds. The van der Waals surface area contributed by atoms with Gasteiger partial charge in [0.15, 0.2) is 0 Å². The molecule has 0 unspecified atom stereocenters. The summed E-state index contributed by atoms with van der Waals surface area (Å²) >= 11 is 26.0. The molecule has 0 aliphatic heterocycles. The maximum Gasteiger partial charge on any atom is 0.345 e. The third-order valence-corrected chi connectivity index (χ3v) is 2.65. The van der Waals surface area contributed by atoms with Gasteiger partial charge >= 0.3 is 5.97 Å². The summed E-state index contributed by atoms with van der Waals surface area (Å²) in [5.41, 5.74) is 0. The van der Waals surface area contributed by atoms with Crippen molar-refractivity contribution >= 4 is 64.0 Å². The predicted molar refractivity (Wildman–Crippen MR) is 46.7 cm³/mol. The van der Waals surface area contributed by atoms with Gasteiger partial charge in [-0.25, -0.2) is 4.79 Å². The maximum atomic E-state index is 10.3. The van der Waals surface area contributed by atoms with Gasteiger partial charge in [0.1, 0.15) is 4.49 Å². The van der Waals surface area contributed by atoms with E-state index < -0.39 is 19.8 Å². The second-order valence-corrected chi connectivity index (χ2v) is 4.11. The molecule has 12 heavy (non-hydrogen) atoms. The van der Waals surface area contributed by atoms with Crippen LogP contribution in [0.4, 0.5) is 0 Å². The average Bonchev–Trinajstić information content (AvgIpc) is 1.85. The van der Waals surface area contributed by atoms with Crippen molar-refractivity contribution in [3.8, 4) is 0 Å². The Bertz CT molecular complexity index is 206. The summed E-state index contributed by atoms with van der Waals surface area (Å²) in [4.78, 5) is 10.3. The molecule has 0 aliphatic rings. The minimum Gasteiger partial charge on any atom is -1.00 e. The molecule has 0 fully saturated rings. The molecule has 0 saturated carbocycles. The molecule has 8 heteroatoms. The number of carbonyl (C=O) groups is 1. The zero-order valence-corrected chi connectivity index (χ0v) is 9.66. The zero-order chi connectivity index (χ0) is 9.23. The molecule has 0 rings (SSSR count). The van der Waals surface area contributed by atoms with Gasteiger partial charge in [0, 0.05) is 0 Å². The standard InChI is InChI=1S/C4HCl5O2.ClH/c5-1(2(6)7)4(8,9)3(10)11;/h(H,10,11);1H/p-1. The van der Waals surface area contributed by atoms with Crippen molar-refractivity contribution in [3.05, 3.63) is 9.52 Å². The quantitative estimate of drug-likeness (QED) is 0.735. The third-order valence-electron chi connectivity index (χ3n) is 0.710. The van der Waals surface area contributed by atoms with Crippen LogP contribution in [0, 0.1) is 0 Å². The normalized spacial score (nSPS) is 10.1. The molecule has 0 saturated heterocycles. The molecule has 0 aromatic carbocycles. The van der Waals surface area contributed by atoms with Crippen molar-refractivity contribution in [2.24, 2.45) is 0 Å². The zero-order valence-electron chi connectivity index (χ0n) is 5.12. The van der Waals surface area contributed by atoms with Crippen molar-refractivity contribution in [2.45, 2.75) is 4.33 Å². The number of carboxylic acid groups (broad SMARTS) is 1. The molecule has 72 valence electrons. The second-order valence-electron chi connectivity index (χ2n) is 1.45. The summed E-state index contributed by atoms with van der Waals surface area (Å²) in [6.45, 7) is 0. The molecule has 0 spiro atoms. The van der Waals surface area contributed by atoms with Crippen LogP contribution in [0.1, 0.15) is 0 Å². The molecule has 0 aromatic heterocycles. The monoisotopic (exact) mass is 291 g/mol. The molecule has 0 aromatic rings. The van der Waals surface area contributed by atoms with Crippen LogP contribution in [0.5, 0.6) is 0 Å². The first-order chi connectivity index (χ1) is 4.80. The average molecular weight is 294 g/mol. The lowest BCUT2D eigenvalue weighted by Gasteiger charge is -2.12. The lowest BCUT2D eigenvalue weighted by Crippen LogP contribution is -3.00. The van der Waals surface area contributed by atoms with E-state index in [9.17, 15) is 4.79 Å². The largest absolute Gasteiger partial charge is 1.00 e. The van der Waals surface area contributed by atoms with Gasteiger partial charge in [-0.15, -0.1) is 0 Å². The fourth-order valence-corrected chi connectivity index (χ4v) is 0.959. The lowest BCUT2D eigenvalue weighted by molar-refractivity contribution is -0.136. The molecule has 0 atom stereocenters. The van der Waals surface area contributed by atoms with Crippen LogP contribution < -0.4 is 12.4 Å². The van der Waals surface area contributed by atoms with E-state index in [2.05, 4.69) is 0 Å². The second kappa shape index (κ2) is 5.63. The molecule has 0 heterocycles. The molecule has 1 N–H and O–H groups in total. The van der Waals surface area contributed by atoms with Gasteiger partial charge < -0.3 is 17.5 Å². The summed E-state index contributed by atoms with van der Waals surface area (Å²) < 4.78 is -2.75. The topological polar surface area (TPSA) is 37.3 Å². The van der Waals surface area contributed by atoms with Crippen LogP contribution in [0.25, 0.3) is 0 Å². The van der Waals surface area contributed by atoms with Crippen LogP contribution in [-0.2, 0) is 4.79 Å². The molecular weight excluding hydrogens is 293 g/mol. The number of hydrogen-bond donors (Lipinski definition) is 1. The van der Waals surface area contributed by atoms with Crippen molar-refractivity contribution in [3.63, 3.8) is 0 Å². The Morgan fingerprint density at radius 3 is 1.58 bits per heavy atom. The number of alkyl halides is 2. The van der Waals surface area contributed by atoms with Gasteiger partial charge in [0.25, 0.3) is 4.33 Å². The first-order valence-corrected chi connectivity index (χ1v) is 4.01. The molecule has 0 aliphatic carbocycles. The molecule has 0 bridgehead atoms. The Morgan fingerprint density at radius 1 is 1.17 bits per heavy atom. The van der Waals surface area contributed by atoms with E-state index in [0.29, 0.717) is 0 Å². The van der Waals surface area contributed by atoms with Gasteiger partial charge in [-0.2, -0.15) is 0 Å². The number of aliphatic carboxylic acids is 1. The Hall–Kier alpha value is 0.950. The summed E-state index contributed by atoms with van der Waals surface area (Å²) in [5, 5.41) is 7.83. The Morgan fingerprint density at radius 2 is 1.50 bits per heavy atom. The third kappa shape index (κ3) is 3.77. The SMILES string of the molecule is O=C(O)C(Cl)(Cl)C(Cl)=C(Cl)Cl.[Cl-]. The van der Waals surface area contributed by atoms with Crippen molar-refractivity contribution in [1.82, 2.24) is 0 Å². The van der Waals surface area contributed by atoms with Crippen LogP contribution in [0.3, 0.4) is 0 Å². The number of rotatable bonds is 2. The van der Waals surface area contributed by atoms with Crippen LogP contribution in [-0.4, -0.2) is 15.4 Å². The smallest absolute Gasteiger partial charge is 0.345 e. The molecular formula is C4HCl6O2-. The van der Waals surface area contributed by atoms with Gasteiger partial charge in [0.2, 0.25) is 0 Å². The van der Waals surface area contributed by atoms with Crippen molar-refractivity contribution < 1.29 is 22.3 Å². The minimum absolute atomic E-state index is 0. The number of halogens is 6. The molecule has 0 radical (unpaired) electrons. The highest BCUT2D eigenvalue weighted by Gasteiger charge is 2.39. The van der Waals surface area contributed by atoms with E-state index in [0.717, 1.165) is 0 Å². The minimum atomic E-state index is -2.28. The number of hydrogen-bond acceptors (Lipinski definition) is 1. The van der Waals surface area contributed by atoms with E-state index in [1.807, 2.05) is 0 Å². The van der Waals surface area contributed by atoms with E-state index in [4.69, 9.17) is 63.1 Å². The lowest BCUT2D eigenvalue weighted by atomic mass is 10.4. The first-order valence-electron chi connectivity index (χ1n) is 2.12. The van der Waals surface area contributed by atoms with Gasteiger partial charge in [-0.05, 0) is 0 Å². The van der Waals surface area contributed by atoms with Gasteiger partial charge in [-0.1, -0.05) is 58.0 Å². The Balaban J connectivity index is 0. The van der Waals surface area contributed by atoms with Crippen LogP contribution in [0.15, 0.2) is 9.52 Å². The molecule has 2 nitrogen and oxygen atoms in total. The highest BCUT2D eigenvalue weighted by molar-refractivity contribution is 6.68. The summed E-state index contributed by atoms with van der Waals surface area (Å²) in [6, 6.07) is 0. The van der Waals surface area contributed by atoms with Crippen molar-refractivity contribution in [1.29, 1.82) is 0 Å². The number of carboxylic acids is 1. The summed E-state index contributed by atoms with van der Waals surface area (Å²) in [7, 11) is 0. The van der Waals surface area contributed by atoms with Gasteiger partial charge in [-0.3, -0.25) is 0 Å². The summed E-state index contributed by atoms with van der Waals surface area (Å²) in [5.74, 6) is -1.54. The van der Waals surface area contributed by atoms with Crippen molar-refractivity contribution in [2.75, 3.05) is 0 Å². The predicted octanol–water partition coefficient (Wildman–Crippen LogP) is 0.134. The fraction of sp³-hybridized carbons (Fsp3) is 0.250.